The van der Waals surface area contributed by atoms with Gasteiger partial charge in [0.1, 0.15) is 6.61 Å². The van der Waals surface area contributed by atoms with Gasteiger partial charge in [0, 0.05) is 0 Å². The Labute approximate surface area is 37.3 Å². The fraction of sp³-hybridized carbons (Fsp3) is 0.500. The van der Waals surface area contributed by atoms with Crippen molar-refractivity contribution in [2.45, 2.75) is 0 Å². The number of hydrogen-bond donors (Lipinski definition) is 0. The minimum absolute atomic E-state index is 0.455. The van der Waals surface area contributed by atoms with E-state index in [4.69, 9.17) is 0 Å². The van der Waals surface area contributed by atoms with Crippen molar-refractivity contribution < 1.29 is 9.78 Å². The Kier molecular flexibility index (Phi) is 4.40. The van der Waals surface area contributed by atoms with Gasteiger partial charge in [-0.25, -0.2) is 9.78 Å². The molecule has 0 aromatic carbocycles. The lowest BCUT2D eigenvalue weighted by molar-refractivity contribution is -0.263. The van der Waals surface area contributed by atoms with Crippen LogP contribution in [0.2, 0.25) is 0 Å². The third-order valence-electron chi connectivity index (χ3n) is 0.304. The standard InChI is InChI=1S/C4H8O2/c1-3-4-6-5-2/h3H,1,4H2,2H3. The Hall–Kier alpha value is -0.340. The lowest BCUT2D eigenvalue weighted by Crippen LogP contribution is -1.85. The monoisotopic (exact) mass is 88.1 g/mol. The molecule has 0 N–H and O–H groups in total. The summed E-state index contributed by atoms with van der Waals surface area (Å²) >= 11 is 0. The summed E-state index contributed by atoms with van der Waals surface area (Å²) < 4.78 is 0. The molecule has 0 atom stereocenters. The average molecular weight is 88.1 g/mol. The SMILES string of the molecule is C=CCOOC. The highest BCUT2D eigenvalue weighted by Gasteiger charge is 1.68. The lowest BCUT2D eigenvalue weighted by atomic mass is 10.7. The van der Waals surface area contributed by atoms with E-state index in [1.54, 1.807) is 6.08 Å². The molecule has 36 valence electrons. The predicted octanol–water partition coefficient (Wildman–Crippen LogP) is 0.750. The van der Waals surface area contributed by atoms with Gasteiger partial charge in [0.2, 0.25) is 0 Å². The normalized spacial score (nSPS) is 8.17. The molecule has 0 fully saturated rings. The van der Waals surface area contributed by atoms with E-state index in [1.165, 1.54) is 7.11 Å². The summed E-state index contributed by atoms with van der Waals surface area (Å²) in [6, 6.07) is 0. The highest BCUT2D eigenvalue weighted by molar-refractivity contribution is 4.61. The van der Waals surface area contributed by atoms with Crippen molar-refractivity contribution in [3.63, 3.8) is 0 Å². The Morgan fingerprint density at radius 2 is 2.50 bits per heavy atom. The van der Waals surface area contributed by atoms with Crippen LogP contribution in [0.15, 0.2) is 12.7 Å². The summed E-state index contributed by atoms with van der Waals surface area (Å²) in [5.41, 5.74) is 0. The molecule has 2 nitrogen and oxygen atoms in total. The lowest BCUT2D eigenvalue weighted by Gasteiger charge is -1.88. The van der Waals surface area contributed by atoms with E-state index in [9.17, 15) is 0 Å². The van der Waals surface area contributed by atoms with E-state index in [0.717, 1.165) is 0 Å². The van der Waals surface area contributed by atoms with Gasteiger partial charge in [-0.2, -0.15) is 0 Å². The zero-order valence-corrected chi connectivity index (χ0v) is 3.81. The third-order valence-corrected chi connectivity index (χ3v) is 0.304. The van der Waals surface area contributed by atoms with Crippen LogP contribution in [0.25, 0.3) is 0 Å². The number of hydrogen-bond acceptors (Lipinski definition) is 2. The van der Waals surface area contributed by atoms with E-state index >= 15 is 0 Å². The van der Waals surface area contributed by atoms with Gasteiger partial charge in [0.05, 0.1) is 7.11 Å². The maximum atomic E-state index is 4.36. The fourth-order valence-corrected chi connectivity index (χ4v) is 0.116. The van der Waals surface area contributed by atoms with E-state index in [0.29, 0.717) is 6.61 Å². The Morgan fingerprint density at radius 3 is 2.67 bits per heavy atom. The molecule has 0 rings (SSSR count). The van der Waals surface area contributed by atoms with Gasteiger partial charge in [-0.1, -0.05) is 6.08 Å². The minimum Gasteiger partial charge on any atom is -0.240 e. The fourth-order valence-electron chi connectivity index (χ4n) is 0.116. The molecule has 0 aliphatic heterocycles. The second kappa shape index (κ2) is 4.66. The third kappa shape index (κ3) is 3.66. The second-order valence-corrected chi connectivity index (χ2v) is 0.740. The first-order valence-corrected chi connectivity index (χ1v) is 1.68. The minimum atomic E-state index is 0.455. The zero-order chi connectivity index (χ0) is 4.83. The van der Waals surface area contributed by atoms with Gasteiger partial charge in [-0.05, 0) is 0 Å². The van der Waals surface area contributed by atoms with Crippen molar-refractivity contribution in [1.29, 1.82) is 0 Å². The van der Waals surface area contributed by atoms with Crippen LogP contribution >= 0.6 is 0 Å². The van der Waals surface area contributed by atoms with E-state index in [1.807, 2.05) is 0 Å². The Balaban J connectivity index is 2.49. The van der Waals surface area contributed by atoms with Gasteiger partial charge in [-0.15, -0.1) is 6.58 Å². The molecule has 0 aliphatic rings. The van der Waals surface area contributed by atoms with Crippen molar-refractivity contribution in [2.24, 2.45) is 0 Å². The van der Waals surface area contributed by atoms with Crippen LogP contribution in [0, 0.1) is 0 Å². The van der Waals surface area contributed by atoms with Crippen molar-refractivity contribution in [1.82, 2.24) is 0 Å². The topological polar surface area (TPSA) is 18.5 Å². The molecule has 0 spiro atoms. The summed E-state index contributed by atoms with van der Waals surface area (Å²) in [6.45, 7) is 3.85. The first-order valence-electron chi connectivity index (χ1n) is 1.68. The van der Waals surface area contributed by atoms with Crippen LogP contribution in [0.5, 0.6) is 0 Å². The van der Waals surface area contributed by atoms with Crippen molar-refractivity contribution >= 4 is 0 Å². The molecule has 0 saturated carbocycles. The molecule has 0 aromatic rings. The Bertz CT molecular complexity index is 34.5. The second-order valence-electron chi connectivity index (χ2n) is 0.740. The Morgan fingerprint density at radius 1 is 1.83 bits per heavy atom. The number of rotatable bonds is 3. The first-order chi connectivity index (χ1) is 2.91. The zero-order valence-electron chi connectivity index (χ0n) is 3.81. The van der Waals surface area contributed by atoms with Crippen LogP contribution < -0.4 is 0 Å². The van der Waals surface area contributed by atoms with Gasteiger partial charge < -0.3 is 0 Å². The van der Waals surface area contributed by atoms with Crippen LogP contribution in [-0.4, -0.2) is 13.7 Å². The summed E-state index contributed by atoms with van der Waals surface area (Å²) in [5.74, 6) is 0. The molecule has 0 saturated heterocycles. The van der Waals surface area contributed by atoms with Crippen LogP contribution in [0.3, 0.4) is 0 Å². The molecule has 2 heteroatoms. The maximum absolute atomic E-state index is 4.36. The van der Waals surface area contributed by atoms with E-state index < -0.39 is 0 Å². The molecule has 6 heavy (non-hydrogen) atoms. The molecule has 0 aromatic heterocycles. The van der Waals surface area contributed by atoms with Crippen LogP contribution in [0.1, 0.15) is 0 Å². The molecule has 0 heterocycles. The highest BCUT2D eigenvalue weighted by atomic mass is 17.2. The largest absolute Gasteiger partial charge is 0.240 e. The quantitative estimate of drug-likeness (QED) is 0.219. The van der Waals surface area contributed by atoms with Gasteiger partial charge in [0.15, 0.2) is 0 Å². The van der Waals surface area contributed by atoms with Gasteiger partial charge >= 0.3 is 0 Å². The van der Waals surface area contributed by atoms with Gasteiger partial charge in [0.25, 0.3) is 0 Å². The van der Waals surface area contributed by atoms with Crippen molar-refractivity contribution in [3.05, 3.63) is 12.7 Å². The molecular weight excluding hydrogens is 80.0 g/mol. The summed E-state index contributed by atoms with van der Waals surface area (Å²) in [7, 11) is 1.46. The molecule has 0 radical (unpaired) electrons. The molecular formula is C4H8O2. The molecule has 0 aliphatic carbocycles. The molecule has 0 unspecified atom stereocenters. The average Bonchev–Trinajstić information content (AvgIpc) is 1.61. The molecule has 0 amide bonds. The summed E-state index contributed by atoms with van der Waals surface area (Å²) in [6.07, 6.45) is 1.61. The van der Waals surface area contributed by atoms with E-state index in [-0.39, 0.29) is 0 Å². The van der Waals surface area contributed by atoms with Gasteiger partial charge in [-0.3, -0.25) is 0 Å². The van der Waals surface area contributed by atoms with Crippen LogP contribution in [0.4, 0.5) is 0 Å². The predicted molar refractivity (Wildman–Crippen MR) is 23.2 cm³/mol. The van der Waals surface area contributed by atoms with Crippen molar-refractivity contribution in [2.75, 3.05) is 13.7 Å². The van der Waals surface area contributed by atoms with Crippen LogP contribution in [-0.2, 0) is 9.78 Å². The summed E-state index contributed by atoms with van der Waals surface area (Å²) in [5, 5.41) is 0. The summed E-state index contributed by atoms with van der Waals surface area (Å²) in [4.78, 5) is 8.58. The smallest absolute Gasteiger partial charge is 0.100 e. The highest BCUT2D eigenvalue weighted by Crippen LogP contribution is 1.69. The molecule has 0 bridgehead atoms. The maximum Gasteiger partial charge on any atom is 0.100 e. The van der Waals surface area contributed by atoms with E-state index in [2.05, 4.69) is 16.4 Å². The first kappa shape index (κ1) is 5.66. The van der Waals surface area contributed by atoms with Crippen molar-refractivity contribution in [3.8, 4) is 0 Å².